The van der Waals surface area contributed by atoms with Crippen molar-refractivity contribution in [2.45, 2.75) is 19.0 Å². The van der Waals surface area contributed by atoms with E-state index in [2.05, 4.69) is 38.9 Å². The van der Waals surface area contributed by atoms with Crippen LogP contribution in [0.5, 0.6) is 0 Å². The smallest absolute Gasteiger partial charge is 0.135 e. The normalized spacial score (nSPS) is 14.4. The number of fused-ring (bicyclic) bond motifs is 3. The van der Waals surface area contributed by atoms with Gasteiger partial charge < -0.3 is 4.57 Å². The van der Waals surface area contributed by atoms with E-state index < -0.39 is 0 Å². The number of benzene rings is 1. The number of hydrogen-bond donors (Lipinski definition) is 0. The van der Waals surface area contributed by atoms with Crippen molar-refractivity contribution in [3.63, 3.8) is 0 Å². The molecule has 0 radical (unpaired) electrons. The molecule has 0 N–H and O–H groups in total. The molecule has 26 heavy (non-hydrogen) atoms. The van der Waals surface area contributed by atoms with E-state index in [-0.39, 0.29) is 5.50 Å². The van der Waals surface area contributed by atoms with Crippen LogP contribution in [-0.2, 0) is 6.54 Å². The topological polar surface area (TPSA) is 46.3 Å². The van der Waals surface area contributed by atoms with Crippen LogP contribution >= 0.6 is 11.6 Å². The van der Waals surface area contributed by atoms with Crippen molar-refractivity contribution in [1.82, 2.24) is 19.4 Å². The molecular weight excluding hydrogens is 346 g/mol. The molecule has 4 rings (SSSR count). The first-order chi connectivity index (χ1) is 12.5. The first-order valence-electron chi connectivity index (χ1n) is 8.50. The summed E-state index contributed by atoms with van der Waals surface area (Å²) in [6, 6.07) is 12.2. The lowest BCUT2D eigenvalue weighted by molar-refractivity contribution is 0.384. The molecule has 0 fully saturated rings. The maximum atomic E-state index is 6.57. The number of aryl methyl sites for hydroxylation is 1. The van der Waals surface area contributed by atoms with Gasteiger partial charge in [-0.15, -0.1) is 11.6 Å². The molecule has 0 bridgehead atoms. The summed E-state index contributed by atoms with van der Waals surface area (Å²) >= 11 is 6.57. The number of imidazole rings is 1. The minimum Gasteiger partial charge on any atom is -0.301 e. The minimum absolute atomic E-state index is 0.211. The molecule has 2 aromatic heterocycles. The molecule has 0 spiro atoms. The standard InChI is InChI=1S/C20H20ClN5/c1-13-12-26-17-8-7-14(20(21)25(2)3)10-15(17)19(23-11-18(26)24-13)16-6-4-5-9-22-16/h4-10,12,20H,11H2,1-3H3. The predicted molar refractivity (Wildman–Crippen MR) is 104 cm³/mol. The van der Waals surface area contributed by atoms with Gasteiger partial charge >= 0.3 is 0 Å². The summed E-state index contributed by atoms with van der Waals surface area (Å²) in [6.07, 6.45) is 3.84. The molecular formula is C20H20ClN5. The summed E-state index contributed by atoms with van der Waals surface area (Å²) in [6.45, 7) is 2.52. The number of pyridine rings is 1. The first kappa shape index (κ1) is 16.9. The monoisotopic (exact) mass is 365 g/mol. The molecule has 3 aromatic rings. The molecule has 1 aromatic carbocycles. The lowest BCUT2D eigenvalue weighted by Crippen LogP contribution is -2.16. The molecule has 1 unspecified atom stereocenters. The van der Waals surface area contributed by atoms with Crippen molar-refractivity contribution in [3.05, 3.63) is 77.1 Å². The Bertz CT molecular complexity index is 975. The average molecular weight is 366 g/mol. The number of aromatic nitrogens is 3. The van der Waals surface area contributed by atoms with Crippen LogP contribution in [0, 0.1) is 6.92 Å². The molecule has 1 atom stereocenters. The molecule has 0 saturated carbocycles. The number of halogens is 1. The third-order valence-electron chi connectivity index (χ3n) is 4.45. The second-order valence-corrected chi connectivity index (χ2v) is 7.04. The minimum atomic E-state index is -0.211. The molecule has 132 valence electrons. The van der Waals surface area contributed by atoms with E-state index in [1.165, 1.54) is 0 Å². The number of aliphatic imine (C=N–C) groups is 1. The Kier molecular flexibility index (Phi) is 4.34. The Morgan fingerprint density at radius 1 is 1.19 bits per heavy atom. The zero-order chi connectivity index (χ0) is 18.3. The van der Waals surface area contributed by atoms with Crippen LogP contribution in [-0.4, -0.2) is 39.2 Å². The van der Waals surface area contributed by atoms with Gasteiger partial charge in [0.1, 0.15) is 11.3 Å². The molecule has 1 aliphatic heterocycles. The SMILES string of the molecule is Cc1cn2c(n1)CN=C(c1ccccn1)c1cc(C(Cl)N(C)C)ccc1-2. The molecule has 3 heterocycles. The van der Waals surface area contributed by atoms with Gasteiger partial charge in [0, 0.05) is 18.0 Å². The van der Waals surface area contributed by atoms with E-state index in [1.54, 1.807) is 6.20 Å². The fourth-order valence-corrected chi connectivity index (χ4v) is 3.36. The van der Waals surface area contributed by atoms with Crippen molar-refractivity contribution < 1.29 is 0 Å². The molecule has 6 heteroatoms. The largest absolute Gasteiger partial charge is 0.301 e. The molecule has 1 aliphatic rings. The van der Waals surface area contributed by atoms with Gasteiger partial charge in [-0.25, -0.2) is 4.98 Å². The molecule has 0 aliphatic carbocycles. The van der Waals surface area contributed by atoms with Crippen molar-refractivity contribution in [2.75, 3.05) is 14.1 Å². The van der Waals surface area contributed by atoms with Gasteiger partial charge in [-0.3, -0.25) is 14.9 Å². The van der Waals surface area contributed by atoms with Crippen molar-refractivity contribution >= 4 is 17.3 Å². The van der Waals surface area contributed by atoms with Gasteiger partial charge in [-0.05, 0) is 50.8 Å². The lowest BCUT2D eigenvalue weighted by atomic mass is 10.0. The van der Waals surface area contributed by atoms with E-state index in [0.717, 1.165) is 39.7 Å². The van der Waals surface area contributed by atoms with E-state index in [9.17, 15) is 0 Å². The number of rotatable bonds is 3. The summed E-state index contributed by atoms with van der Waals surface area (Å²) in [7, 11) is 3.93. The highest BCUT2D eigenvalue weighted by Gasteiger charge is 2.22. The lowest BCUT2D eigenvalue weighted by Gasteiger charge is -2.20. The zero-order valence-corrected chi connectivity index (χ0v) is 15.8. The third-order valence-corrected chi connectivity index (χ3v) is 5.09. The highest BCUT2D eigenvalue weighted by atomic mass is 35.5. The van der Waals surface area contributed by atoms with E-state index in [0.29, 0.717) is 6.54 Å². The highest BCUT2D eigenvalue weighted by molar-refractivity contribution is 6.21. The molecule has 0 saturated heterocycles. The second-order valence-electron chi connectivity index (χ2n) is 6.62. The van der Waals surface area contributed by atoms with Crippen molar-refractivity contribution in [2.24, 2.45) is 4.99 Å². The summed E-state index contributed by atoms with van der Waals surface area (Å²) in [5.41, 5.74) is 5.59. The summed E-state index contributed by atoms with van der Waals surface area (Å²) < 4.78 is 2.12. The van der Waals surface area contributed by atoms with Crippen LogP contribution in [0.1, 0.15) is 33.8 Å². The maximum Gasteiger partial charge on any atom is 0.135 e. The van der Waals surface area contributed by atoms with E-state index in [4.69, 9.17) is 16.6 Å². The quantitative estimate of drug-likeness (QED) is 0.525. The van der Waals surface area contributed by atoms with Crippen molar-refractivity contribution in [3.8, 4) is 5.69 Å². The van der Waals surface area contributed by atoms with E-state index >= 15 is 0 Å². The second kappa shape index (κ2) is 6.67. The fraction of sp³-hybridized carbons (Fsp3) is 0.250. The Morgan fingerprint density at radius 2 is 2.04 bits per heavy atom. The van der Waals surface area contributed by atoms with Gasteiger partial charge in [0.15, 0.2) is 0 Å². The fourth-order valence-electron chi connectivity index (χ4n) is 3.22. The first-order valence-corrected chi connectivity index (χ1v) is 8.94. The van der Waals surface area contributed by atoms with Crippen LogP contribution in [0.4, 0.5) is 0 Å². The number of hydrogen-bond acceptors (Lipinski definition) is 4. The Balaban J connectivity index is 1.94. The molecule has 5 nitrogen and oxygen atoms in total. The third kappa shape index (κ3) is 2.93. The summed E-state index contributed by atoms with van der Waals surface area (Å²) in [5.74, 6) is 0.928. The van der Waals surface area contributed by atoms with Gasteiger partial charge in [0.25, 0.3) is 0 Å². The summed E-state index contributed by atoms with van der Waals surface area (Å²) in [5, 5.41) is 0. The van der Waals surface area contributed by atoms with Crippen LogP contribution in [0.15, 0.2) is 53.8 Å². The Morgan fingerprint density at radius 3 is 2.77 bits per heavy atom. The Hall–Kier alpha value is -2.50. The maximum absolute atomic E-state index is 6.57. The zero-order valence-electron chi connectivity index (χ0n) is 15.0. The van der Waals surface area contributed by atoms with Gasteiger partial charge in [-0.2, -0.15) is 0 Å². The van der Waals surface area contributed by atoms with Crippen LogP contribution in [0.2, 0.25) is 0 Å². The highest BCUT2D eigenvalue weighted by Crippen LogP contribution is 2.30. The molecule has 0 amide bonds. The summed E-state index contributed by atoms with van der Waals surface area (Å²) in [4.78, 5) is 16.0. The van der Waals surface area contributed by atoms with E-state index in [1.807, 2.05) is 44.1 Å². The van der Waals surface area contributed by atoms with Gasteiger partial charge in [-0.1, -0.05) is 12.1 Å². The van der Waals surface area contributed by atoms with Crippen molar-refractivity contribution in [1.29, 1.82) is 0 Å². The number of nitrogens with zero attached hydrogens (tertiary/aromatic N) is 5. The van der Waals surface area contributed by atoms with Gasteiger partial charge in [0.2, 0.25) is 0 Å². The average Bonchev–Trinajstić information content (AvgIpc) is 2.95. The van der Waals surface area contributed by atoms with Crippen LogP contribution < -0.4 is 0 Å². The predicted octanol–water partition coefficient (Wildman–Crippen LogP) is 3.73. The van der Waals surface area contributed by atoms with Crippen LogP contribution in [0.3, 0.4) is 0 Å². The van der Waals surface area contributed by atoms with Crippen LogP contribution in [0.25, 0.3) is 5.69 Å². The Labute approximate surface area is 158 Å². The van der Waals surface area contributed by atoms with Gasteiger partial charge in [0.05, 0.1) is 29.3 Å². The number of alkyl halides is 1.